The second-order valence-electron chi connectivity index (χ2n) is 5.00. The molecule has 0 unspecified atom stereocenters. The highest BCUT2D eigenvalue weighted by molar-refractivity contribution is 5.92. The second-order valence-corrected chi connectivity index (χ2v) is 5.00. The van der Waals surface area contributed by atoms with Crippen molar-refractivity contribution in [1.29, 1.82) is 0 Å². The van der Waals surface area contributed by atoms with Crippen LogP contribution < -0.4 is 11.1 Å². The molecule has 2 rings (SSSR count). The number of aryl methyl sites for hydroxylation is 1. The molecule has 4 heteroatoms. The van der Waals surface area contributed by atoms with Gasteiger partial charge in [0.2, 0.25) is 11.8 Å². The third-order valence-electron chi connectivity index (χ3n) is 3.19. The first-order valence-electron chi connectivity index (χ1n) is 6.75. The first kappa shape index (κ1) is 14.8. The van der Waals surface area contributed by atoms with E-state index < -0.39 is 5.91 Å². The summed E-state index contributed by atoms with van der Waals surface area (Å²) in [5.41, 5.74) is 8.67. The van der Waals surface area contributed by atoms with Gasteiger partial charge in [0.1, 0.15) is 0 Å². The first-order chi connectivity index (χ1) is 10.0. The molecule has 0 atom stereocenters. The number of carbonyl (C=O) groups is 2. The molecule has 0 aromatic heterocycles. The summed E-state index contributed by atoms with van der Waals surface area (Å²) in [6, 6.07) is 14.8. The summed E-state index contributed by atoms with van der Waals surface area (Å²) < 4.78 is 0. The van der Waals surface area contributed by atoms with Gasteiger partial charge in [-0.3, -0.25) is 9.59 Å². The highest BCUT2D eigenvalue weighted by Crippen LogP contribution is 2.06. The quantitative estimate of drug-likeness (QED) is 0.879. The van der Waals surface area contributed by atoms with Crippen LogP contribution in [0.3, 0.4) is 0 Å². The number of hydrogen-bond donors (Lipinski definition) is 2. The molecule has 0 spiro atoms. The molecule has 21 heavy (non-hydrogen) atoms. The zero-order chi connectivity index (χ0) is 15.2. The zero-order valence-corrected chi connectivity index (χ0v) is 11.9. The summed E-state index contributed by atoms with van der Waals surface area (Å²) in [6.07, 6.45) is 0.343. The average Bonchev–Trinajstić information content (AvgIpc) is 2.48. The van der Waals surface area contributed by atoms with Crippen molar-refractivity contribution in [3.05, 3.63) is 70.8 Å². The Morgan fingerprint density at radius 1 is 1.05 bits per heavy atom. The molecule has 0 saturated carbocycles. The van der Waals surface area contributed by atoms with E-state index in [1.54, 1.807) is 18.2 Å². The lowest BCUT2D eigenvalue weighted by molar-refractivity contribution is -0.120. The lowest BCUT2D eigenvalue weighted by atomic mass is 10.1. The molecule has 0 fully saturated rings. The van der Waals surface area contributed by atoms with E-state index in [-0.39, 0.29) is 5.91 Å². The van der Waals surface area contributed by atoms with E-state index in [2.05, 4.69) is 5.32 Å². The molecule has 0 aliphatic carbocycles. The predicted octanol–water partition coefficient (Wildman–Crippen LogP) is 1.95. The van der Waals surface area contributed by atoms with E-state index in [0.29, 0.717) is 18.5 Å². The molecule has 4 nitrogen and oxygen atoms in total. The highest BCUT2D eigenvalue weighted by atomic mass is 16.1. The lowest BCUT2D eigenvalue weighted by Gasteiger charge is -2.07. The van der Waals surface area contributed by atoms with Gasteiger partial charge in [-0.2, -0.15) is 0 Å². The summed E-state index contributed by atoms with van der Waals surface area (Å²) in [5, 5.41) is 2.84. The van der Waals surface area contributed by atoms with Gasteiger partial charge in [-0.15, -0.1) is 0 Å². The van der Waals surface area contributed by atoms with Crippen LogP contribution in [0.15, 0.2) is 48.5 Å². The number of rotatable bonds is 5. The molecule has 0 saturated heterocycles. The van der Waals surface area contributed by atoms with Gasteiger partial charge >= 0.3 is 0 Å². The Bertz CT molecular complexity index is 648. The van der Waals surface area contributed by atoms with Crippen molar-refractivity contribution in [2.24, 2.45) is 5.73 Å². The Labute approximate surface area is 124 Å². The molecule has 2 aromatic carbocycles. The molecular formula is C17H18N2O2. The Morgan fingerprint density at radius 2 is 1.76 bits per heavy atom. The maximum absolute atomic E-state index is 11.9. The van der Waals surface area contributed by atoms with Gasteiger partial charge in [-0.05, 0) is 30.2 Å². The predicted molar refractivity (Wildman–Crippen MR) is 81.7 cm³/mol. The van der Waals surface area contributed by atoms with Crippen molar-refractivity contribution >= 4 is 11.8 Å². The SMILES string of the molecule is Cc1ccc(CC(=O)NCc2cccc(C(N)=O)c2)cc1. The molecule has 2 amide bonds. The number of hydrogen-bond acceptors (Lipinski definition) is 2. The standard InChI is InChI=1S/C17H18N2O2/c1-12-5-7-13(8-6-12)10-16(20)19-11-14-3-2-4-15(9-14)17(18)21/h2-9H,10-11H2,1H3,(H2,18,21)(H,19,20). The minimum Gasteiger partial charge on any atom is -0.366 e. The van der Waals surface area contributed by atoms with Gasteiger partial charge in [0.05, 0.1) is 6.42 Å². The van der Waals surface area contributed by atoms with Crippen LogP contribution in [0.25, 0.3) is 0 Å². The molecule has 0 aliphatic heterocycles. The van der Waals surface area contributed by atoms with E-state index in [1.165, 1.54) is 5.56 Å². The van der Waals surface area contributed by atoms with Crippen molar-refractivity contribution in [1.82, 2.24) is 5.32 Å². The summed E-state index contributed by atoms with van der Waals surface area (Å²) in [5.74, 6) is -0.522. The number of nitrogens with one attached hydrogen (secondary N) is 1. The van der Waals surface area contributed by atoms with Gasteiger partial charge in [0, 0.05) is 12.1 Å². The molecule has 108 valence electrons. The summed E-state index contributed by atoms with van der Waals surface area (Å²) >= 11 is 0. The van der Waals surface area contributed by atoms with Crippen LogP contribution in [-0.2, 0) is 17.8 Å². The van der Waals surface area contributed by atoms with Crippen molar-refractivity contribution < 1.29 is 9.59 Å². The van der Waals surface area contributed by atoms with Crippen LogP contribution in [0.5, 0.6) is 0 Å². The number of primary amides is 1. The maximum atomic E-state index is 11.9. The number of amides is 2. The van der Waals surface area contributed by atoms with Crippen molar-refractivity contribution in [3.8, 4) is 0 Å². The lowest BCUT2D eigenvalue weighted by Crippen LogP contribution is -2.24. The highest BCUT2D eigenvalue weighted by Gasteiger charge is 2.05. The molecule has 2 aromatic rings. The van der Waals surface area contributed by atoms with Crippen LogP contribution in [0.4, 0.5) is 0 Å². The van der Waals surface area contributed by atoms with Crippen molar-refractivity contribution in [2.75, 3.05) is 0 Å². The van der Waals surface area contributed by atoms with Gasteiger partial charge in [-0.25, -0.2) is 0 Å². The molecule has 0 bridgehead atoms. The number of nitrogens with two attached hydrogens (primary N) is 1. The topological polar surface area (TPSA) is 72.2 Å². The largest absolute Gasteiger partial charge is 0.366 e. The van der Waals surface area contributed by atoms with Crippen LogP contribution in [0.1, 0.15) is 27.0 Å². The van der Waals surface area contributed by atoms with Gasteiger partial charge in [0.15, 0.2) is 0 Å². The van der Waals surface area contributed by atoms with Crippen LogP contribution in [0, 0.1) is 6.92 Å². The van der Waals surface area contributed by atoms with E-state index >= 15 is 0 Å². The normalized spacial score (nSPS) is 10.1. The summed E-state index contributed by atoms with van der Waals surface area (Å²) in [6.45, 7) is 2.39. The van der Waals surface area contributed by atoms with Crippen LogP contribution >= 0.6 is 0 Å². The van der Waals surface area contributed by atoms with Crippen molar-refractivity contribution in [2.45, 2.75) is 19.9 Å². The Morgan fingerprint density at radius 3 is 2.43 bits per heavy atom. The Kier molecular flexibility index (Phi) is 4.72. The van der Waals surface area contributed by atoms with Gasteiger partial charge in [0.25, 0.3) is 0 Å². The van der Waals surface area contributed by atoms with E-state index in [4.69, 9.17) is 5.73 Å². The molecule has 0 radical (unpaired) electrons. The van der Waals surface area contributed by atoms with Crippen molar-refractivity contribution in [3.63, 3.8) is 0 Å². The number of benzene rings is 2. The summed E-state index contributed by atoms with van der Waals surface area (Å²) in [4.78, 5) is 23.0. The Hall–Kier alpha value is -2.62. The third-order valence-corrected chi connectivity index (χ3v) is 3.19. The molecule has 3 N–H and O–H groups in total. The minimum atomic E-state index is -0.470. The molecule has 0 heterocycles. The minimum absolute atomic E-state index is 0.0525. The smallest absolute Gasteiger partial charge is 0.248 e. The monoisotopic (exact) mass is 282 g/mol. The van der Waals surface area contributed by atoms with Crippen LogP contribution in [-0.4, -0.2) is 11.8 Å². The number of carbonyl (C=O) groups excluding carboxylic acids is 2. The average molecular weight is 282 g/mol. The Balaban J connectivity index is 1.90. The van der Waals surface area contributed by atoms with E-state index in [1.807, 2.05) is 37.3 Å². The third kappa shape index (κ3) is 4.45. The second kappa shape index (κ2) is 6.70. The van der Waals surface area contributed by atoms with E-state index in [0.717, 1.165) is 11.1 Å². The fourth-order valence-corrected chi connectivity index (χ4v) is 1.99. The molecule has 0 aliphatic rings. The summed E-state index contributed by atoms with van der Waals surface area (Å²) in [7, 11) is 0. The molecular weight excluding hydrogens is 264 g/mol. The fraction of sp³-hybridized carbons (Fsp3) is 0.176. The van der Waals surface area contributed by atoms with Crippen LogP contribution in [0.2, 0.25) is 0 Å². The van der Waals surface area contributed by atoms with E-state index in [9.17, 15) is 9.59 Å². The fourth-order valence-electron chi connectivity index (χ4n) is 1.99. The zero-order valence-electron chi connectivity index (χ0n) is 11.9. The maximum Gasteiger partial charge on any atom is 0.248 e. The first-order valence-corrected chi connectivity index (χ1v) is 6.75. The van der Waals surface area contributed by atoms with Gasteiger partial charge in [-0.1, -0.05) is 42.0 Å². The van der Waals surface area contributed by atoms with Gasteiger partial charge < -0.3 is 11.1 Å².